The Labute approximate surface area is 146 Å². The number of nitrogens with zero attached hydrogens (tertiary/aromatic N) is 2. The van der Waals surface area contributed by atoms with E-state index in [2.05, 4.69) is 5.10 Å². The van der Waals surface area contributed by atoms with Crippen molar-refractivity contribution >= 4 is 5.97 Å². The lowest BCUT2D eigenvalue weighted by Crippen LogP contribution is -2.11. The molecular weight excluding hydrogens is 316 g/mol. The van der Waals surface area contributed by atoms with Crippen molar-refractivity contribution in [1.29, 1.82) is 0 Å². The first-order valence-corrected chi connectivity index (χ1v) is 8.11. The van der Waals surface area contributed by atoms with Crippen LogP contribution in [-0.2, 0) is 4.74 Å². The van der Waals surface area contributed by atoms with Gasteiger partial charge >= 0.3 is 5.97 Å². The van der Waals surface area contributed by atoms with E-state index in [1.165, 1.54) is 0 Å². The van der Waals surface area contributed by atoms with Gasteiger partial charge in [-0.1, -0.05) is 23.8 Å². The Balaban J connectivity index is 2.09. The fourth-order valence-corrected chi connectivity index (χ4v) is 2.60. The van der Waals surface area contributed by atoms with Crippen molar-refractivity contribution in [2.75, 3.05) is 13.7 Å². The Morgan fingerprint density at radius 2 is 1.88 bits per heavy atom. The summed E-state index contributed by atoms with van der Waals surface area (Å²) in [5, 5.41) is 4.63. The minimum absolute atomic E-state index is 0.312. The second-order valence-electron chi connectivity index (χ2n) is 5.61. The summed E-state index contributed by atoms with van der Waals surface area (Å²) in [6.45, 7) is 4.12. The Bertz CT molecular complexity index is 882. The fourth-order valence-electron chi connectivity index (χ4n) is 2.60. The summed E-state index contributed by atoms with van der Waals surface area (Å²) >= 11 is 0. The van der Waals surface area contributed by atoms with Gasteiger partial charge in [-0.3, -0.25) is 0 Å². The molecule has 3 aromatic rings. The molecular formula is C20H20N2O3. The van der Waals surface area contributed by atoms with E-state index in [-0.39, 0.29) is 0 Å². The van der Waals surface area contributed by atoms with Crippen molar-refractivity contribution in [2.45, 2.75) is 13.8 Å². The van der Waals surface area contributed by atoms with E-state index in [1.54, 1.807) is 24.8 Å². The minimum Gasteiger partial charge on any atom is -0.497 e. The fraction of sp³-hybridized carbons (Fsp3) is 0.200. The number of hydrogen-bond donors (Lipinski definition) is 0. The summed E-state index contributed by atoms with van der Waals surface area (Å²) in [5.74, 6) is 0.345. The number of ether oxygens (including phenoxy) is 2. The molecule has 5 heteroatoms. The van der Waals surface area contributed by atoms with Crippen LogP contribution in [0.5, 0.6) is 5.75 Å². The molecule has 25 heavy (non-hydrogen) atoms. The number of carbonyl (C=O) groups excluding carboxylic acids is 1. The molecule has 0 atom stereocenters. The largest absolute Gasteiger partial charge is 0.497 e. The van der Waals surface area contributed by atoms with E-state index in [9.17, 15) is 4.79 Å². The lowest BCUT2D eigenvalue weighted by molar-refractivity contribution is 0.0515. The Morgan fingerprint density at radius 3 is 2.52 bits per heavy atom. The number of aryl methyl sites for hydroxylation is 1. The monoisotopic (exact) mass is 336 g/mol. The molecule has 0 bridgehead atoms. The average Bonchev–Trinajstić information content (AvgIpc) is 3.07. The van der Waals surface area contributed by atoms with E-state index >= 15 is 0 Å². The van der Waals surface area contributed by atoms with E-state index in [1.807, 2.05) is 55.5 Å². The van der Waals surface area contributed by atoms with Crippen LogP contribution in [0.4, 0.5) is 0 Å². The second-order valence-corrected chi connectivity index (χ2v) is 5.61. The average molecular weight is 336 g/mol. The van der Waals surface area contributed by atoms with Crippen LogP contribution < -0.4 is 4.74 Å². The van der Waals surface area contributed by atoms with Crippen LogP contribution in [0, 0.1) is 6.92 Å². The van der Waals surface area contributed by atoms with Crippen LogP contribution in [0.1, 0.15) is 23.0 Å². The van der Waals surface area contributed by atoms with Crippen molar-refractivity contribution in [1.82, 2.24) is 9.78 Å². The summed E-state index contributed by atoms with van der Waals surface area (Å²) in [7, 11) is 1.61. The normalized spacial score (nSPS) is 10.5. The smallest absolute Gasteiger partial charge is 0.357 e. The summed E-state index contributed by atoms with van der Waals surface area (Å²) < 4.78 is 12.0. The number of methoxy groups -OCH3 is 1. The molecule has 3 rings (SSSR count). The highest BCUT2D eigenvalue weighted by Gasteiger charge is 2.18. The van der Waals surface area contributed by atoms with Crippen LogP contribution in [-0.4, -0.2) is 29.5 Å². The Hall–Kier alpha value is -3.08. The lowest BCUT2D eigenvalue weighted by Gasteiger charge is -2.07. The maximum absolute atomic E-state index is 12.4. The molecule has 5 nitrogen and oxygen atoms in total. The first-order valence-electron chi connectivity index (χ1n) is 8.11. The maximum Gasteiger partial charge on any atom is 0.357 e. The molecule has 128 valence electrons. The second kappa shape index (κ2) is 7.21. The zero-order valence-corrected chi connectivity index (χ0v) is 14.5. The third kappa shape index (κ3) is 3.55. The molecule has 0 fully saturated rings. The zero-order chi connectivity index (χ0) is 17.8. The predicted octanol–water partition coefficient (Wildman–Crippen LogP) is 4.03. The van der Waals surface area contributed by atoms with Gasteiger partial charge in [-0.05, 0) is 50.2 Å². The molecule has 1 aromatic heterocycles. The SMILES string of the molecule is CCOC(=O)c1cc(-c2cccc(C)c2)nn1-c1ccc(OC)cc1. The highest BCUT2D eigenvalue weighted by Crippen LogP contribution is 2.24. The van der Waals surface area contributed by atoms with E-state index in [0.29, 0.717) is 12.3 Å². The first-order chi connectivity index (χ1) is 12.1. The van der Waals surface area contributed by atoms with E-state index in [4.69, 9.17) is 9.47 Å². The number of hydrogen-bond acceptors (Lipinski definition) is 4. The third-order valence-electron chi connectivity index (χ3n) is 3.82. The van der Waals surface area contributed by atoms with Gasteiger partial charge in [0.15, 0.2) is 5.69 Å². The van der Waals surface area contributed by atoms with Gasteiger partial charge in [0.05, 0.1) is 25.1 Å². The van der Waals surface area contributed by atoms with Crippen molar-refractivity contribution < 1.29 is 14.3 Å². The molecule has 0 aliphatic heterocycles. The van der Waals surface area contributed by atoms with Gasteiger partial charge in [-0.2, -0.15) is 5.10 Å². The summed E-state index contributed by atoms with van der Waals surface area (Å²) in [6, 6.07) is 17.1. The Morgan fingerprint density at radius 1 is 1.12 bits per heavy atom. The molecule has 2 aromatic carbocycles. The number of aromatic nitrogens is 2. The number of benzene rings is 2. The van der Waals surface area contributed by atoms with Crippen LogP contribution in [0.2, 0.25) is 0 Å². The van der Waals surface area contributed by atoms with Gasteiger partial charge in [-0.25, -0.2) is 9.48 Å². The number of rotatable bonds is 5. The highest BCUT2D eigenvalue weighted by atomic mass is 16.5. The quantitative estimate of drug-likeness (QED) is 0.660. The van der Waals surface area contributed by atoms with Crippen LogP contribution in [0.15, 0.2) is 54.6 Å². The van der Waals surface area contributed by atoms with Crippen LogP contribution in [0.25, 0.3) is 16.9 Å². The Kier molecular flexibility index (Phi) is 4.84. The zero-order valence-electron chi connectivity index (χ0n) is 14.5. The van der Waals surface area contributed by atoms with Gasteiger partial charge in [0, 0.05) is 5.56 Å². The highest BCUT2D eigenvalue weighted by molar-refractivity contribution is 5.89. The molecule has 0 spiro atoms. The summed E-state index contributed by atoms with van der Waals surface area (Å²) in [5.41, 5.74) is 3.97. The molecule has 0 aliphatic carbocycles. The molecule has 0 saturated heterocycles. The summed E-state index contributed by atoms with van der Waals surface area (Å²) in [6.07, 6.45) is 0. The third-order valence-corrected chi connectivity index (χ3v) is 3.82. The molecule has 0 aliphatic rings. The van der Waals surface area contributed by atoms with Crippen molar-refractivity contribution in [2.24, 2.45) is 0 Å². The van der Waals surface area contributed by atoms with Crippen molar-refractivity contribution in [3.63, 3.8) is 0 Å². The predicted molar refractivity (Wildman–Crippen MR) is 96.2 cm³/mol. The maximum atomic E-state index is 12.4. The standard InChI is InChI=1S/C20H20N2O3/c1-4-25-20(23)19-13-18(15-7-5-6-14(2)12-15)21-22(19)16-8-10-17(24-3)11-9-16/h5-13H,4H2,1-3H3. The number of esters is 1. The summed E-state index contributed by atoms with van der Waals surface area (Å²) in [4.78, 5) is 12.4. The van der Waals surface area contributed by atoms with Gasteiger partial charge in [0.2, 0.25) is 0 Å². The van der Waals surface area contributed by atoms with Crippen molar-refractivity contribution in [3.05, 3.63) is 65.9 Å². The molecule has 1 heterocycles. The van der Waals surface area contributed by atoms with Crippen LogP contribution in [0.3, 0.4) is 0 Å². The molecule has 0 amide bonds. The molecule has 0 N–H and O–H groups in total. The van der Waals surface area contributed by atoms with Gasteiger partial charge in [0.25, 0.3) is 0 Å². The van der Waals surface area contributed by atoms with Gasteiger partial charge in [-0.15, -0.1) is 0 Å². The van der Waals surface area contributed by atoms with Crippen molar-refractivity contribution in [3.8, 4) is 22.7 Å². The van der Waals surface area contributed by atoms with Gasteiger partial charge in [0.1, 0.15) is 5.75 Å². The van der Waals surface area contributed by atoms with Gasteiger partial charge < -0.3 is 9.47 Å². The van der Waals surface area contributed by atoms with E-state index in [0.717, 1.165) is 28.3 Å². The first kappa shape index (κ1) is 16.8. The topological polar surface area (TPSA) is 53.3 Å². The molecule has 0 radical (unpaired) electrons. The van der Waals surface area contributed by atoms with E-state index < -0.39 is 5.97 Å². The molecule has 0 unspecified atom stereocenters. The minimum atomic E-state index is -0.398. The number of carbonyl (C=O) groups is 1. The lowest BCUT2D eigenvalue weighted by atomic mass is 10.1. The molecule has 0 saturated carbocycles. The van der Waals surface area contributed by atoms with Crippen LogP contribution >= 0.6 is 0 Å².